The van der Waals surface area contributed by atoms with E-state index in [9.17, 15) is 9.90 Å². The van der Waals surface area contributed by atoms with Gasteiger partial charge in [-0.15, -0.1) is 11.8 Å². The molecule has 2 aliphatic carbocycles. The number of aromatic amines is 1. The highest BCUT2D eigenvalue weighted by atomic mass is 32.2. The second-order valence-electron chi connectivity index (χ2n) is 6.77. The summed E-state index contributed by atoms with van der Waals surface area (Å²) >= 11 is 3.30. The van der Waals surface area contributed by atoms with Crippen molar-refractivity contribution in [2.75, 3.05) is 0 Å². The number of aromatic hydroxyl groups is 1. The van der Waals surface area contributed by atoms with Crippen molar-refractivity contribution in [1.82, 2.24) is 4.98 Å². The minimum Gasteiger partial charge on any atom is -0.508 e. The van der Waals surface area contributed by atoms with Gasteiger partial charge in [-0.1, -0.05) is 23.5 Å². The van der Waals surface area contributed by atoms with Crippen molar-refractivity contribution in [1.29, 1.82) is 0 Å². The third kappa shape index (κ3) is 1.78. The first kappa shape index (κ1) is 13.3. The first-order chi connectivity index (χ1) is 10.7. The van der Waals surface area contributed by atoms with Gasteiger partial charge in [0.2, 0.25) is 0 Å². The fourth-order valence-corrected chi connectivity index (χ4v) is 7.80. The smallest absolute Gasteiger partial charge is 0.305 e. The quantitative estimate of drug-likeness (QED) is 0.836. The summed E-state index contributed by atoms with van der Waals surface area (Å²) in [6, 6.07) is 7.61. The van der Waals surface area contributed by atoms with Gasteiger partial charge in [-0.3, -0.25) is 4.79 Å². The highest BCUT2D eigenvalue weighted by molar-refractivity contribution is 8.00. The predicted octanol–water partition coefficient (Wildman–Crippen LogP) is 3.79. The van der Waals surface area contributed by atoms with Crippen molar-refractivity contribution >= 4 is 23.1 Å². The Balaban J connectivity index is 1.68. The van der Waals surface area contributed by atoms with Gasteiger partial charge in [0.1, 0.15) is 5.75 Å². The molecule has 5 heteroatoms. The van der Waals surface area contributed by atoms with Gasteiger partial charge in [0.25, 0.3) is 0 Å². The molecular weight excluding hydrogens is 314 g/mol. The fraction of sp³-hybridized carbons (Fsp3) is 0.471. The van der Waals surface area contributed by atoms with Crippen LogP contribution in [0.3, 0.4) is 0 Å². The number of thioether (sulfide) groups is 1. The van der Waals surface area contributed by atoms with Crippen LogP contribution in [0.1, 0.15) is 35.6 Å². The van der Waals surface area contributed by atoms with E-state index >= 15 is 0 Å². The van der Waals surface area contributed by atoms with Crippen molar-refractivity contribution in [3.8, 4) is 5.75 Å². The van der Waals surface area contributed by atoms with Crippen LogP contribution in [0, 0.1) is 17.8 Å². The average Bonchev–Trinajstić information content (AvgIpc) is 3.19. The number of nitrogens with one attached hydrogen (secondary N) is 1. The number of thiazole rings is 1. The van der Waals surface area contributed by atoms with Crippen molar-refractivity contribution < 1.29 is 5.11 Å². The number of aromatic nitrogens is 1. The Morgan fingerprint density at radius 2 is 1.91 bits per heavy atom. The lowest BCUT2D eigenvalue weighted by atomic mass is 9.75. The van der Waals surface area contributed by atoms with Crippen LogP contribution in [0.4, 0.5) is 0 Å². The fourth-order valence-electron chi connectivity index (χ4n) is 4.90. The minimum absolute atomic E-state index is 0.0635. The molecule has 5 atom stereocenters. The third-order valence-corrected chi connectivity index (χ3v) is 8.34. The Kier molecular flexibility index (Phi) is 2.80. The summed E-state index contributed by atoms with van der Waals surface area (Å²) in [6.07, 6.45) is 4.05. The van der Waals surface area contributed by atoms with Gasteiger partial charge in [-0.2, -0.15) is 0 Å². The molecule has 2 heterocycles. The number of hydrogen-bond donors (Lipinski definition) is 2. The molecule has 2 bridgehead atoms. The molecule has 3 aliphatic rings. The summed E-state index contributed by atoms with van der Waals surface area (Å²) in [5.41, 5.74) is 1.25. The standard InChI is InChI=1S/C17H17NO2S2/c19-11-5-3-8(4-6-11)12-13-9-1-2-10(7-9)14(13)21-16-15(12)22-17(20)18-16/h3-6,9-10,12-14,19H,1-2,7H2,(H,18,20)/t9-,10+,12+,13-,14+/m1/s1. The van der Waals surface area contributed by atoms with E-state index < -0.39 is 0 Å². The van der Waals surface area contributed by atoms with E-state index in [2.05, 4.69) is 4.98 Å². The number of hydrogen-bond acceptors (Lipinski definition) is 4. The Hall–Kier alpha value is -1.20. The molecule has 5 rings (SSSR count). The lowest BCUT2D eigenvalue weighted by molar-refractivity contribution is 0.307. The number of phenolic OH excluding ortho intramolecular Hbond substituents is 1. The average molecular weight is 331 g/mol. The highest BCUT2D eigenvalue weighted by Crippen LogP contribution is 2.63. The van der Waals surface area contributed by atoms with Crippen molar-refractivity contribution in [2.24, 2.45) is 17.8 Å². The monoisotopic (exact) mass is 331 g/mol. The third-order valence-electron chi connectivity index (χ3n) is 5.72. The molecule has 2 fully saturated rings. The molecule has 2 saturated carbocycles. The lowest BCUT2D eigenvalue weighted by Crippen LogP contribution is -2.33. The van der Waals surface area contributed by atoms with Crippen LogP contribution in [-0.2, 0) is 0 Å². The number of fused-ring (bicyclic) bond motifs is 6. The molecule has 114 valence electrons. The summed E-state index contributed by atoms with van der Waals surface area (Å²) in [4.78, 5) is 16.2. The van der Waals surface area contributed by atoms with Gasteiger partial charge in [0.05, 0.1) is 5.03 Å². The maximum absolute atomic E-state index is 11.9. The van der Waals surface area contributed by atoms with Gasteiger partial charge in [-0.25, -0.2) is 0 Å². The topological polar surface area (TPSA) is 53.1 Å². The van der Waals surface area contributed by atoms with E-state index in [0.29, 0.717) is 22.8 Å². The number of H-pyrrole nitrogens is 1. The van der Waals surface area contributed by atoms with Crippen molar-refractivity contribution in [3.63, 3.8) is 0 Å². The molecule has 2 N–H and O–H groups in total. The normalized spacial score (nSPS) is 35.4. The molecule has 0 saturated heterocycles. The highest BCUT2D eigenvalue weighted by Gasteiger charge is 2.54. The molecular formula is C17H17NO2S2. The summed E-state index contributed by atoms with van der Waals surface area (Å²) in [5, 5.41) is 11.3. The van der Waals surface area contributed by atoms with Gasteiger partial charge in [-0.05, 0) is 54.7 Å². The number of benzene rings is 1. The first-order valence-corrected chi connectivity index (χ1v) is 9.59. The zero-order chi connectivity index (χ0) is 14.8. The molecule has 1 aliphatic heterocycles. The van der Waals surface area contributed by atoms with Crippen LogP contribution in [0.5, 0.6) is 5.75 Å². The van der Waals surface area contributed by atoms with E-state index in [1.807, 2.05) is 23.9 Å². The van der Waals surface area contributed by atoms with Crippen LogP contribution >= 0.6 is 23.1 Å². The summed E-state index contributed by atoms with van der Waals surface area (Å²) in [6.45, 7) is 0. The zero-order valence-electron chi connectivity index (χ0n) is 12.0. The number of rotatable bonds is 1. The Morgan fingerprint density at radius 1 is 1.14 bits per heavy atom. The van der Waals surface area contributed by atoms with Crippen molar-refractivity contribution in [3.05, 3.63) is 44.4 Å². The second kappa shape index (κ2) is 4.65. The largest absolute Gasteiger partial charge is 0.508 e. The molecule has 1 aromatic carbocycles. The zero-order valence-corrected chi connectivity index (χ0v) is 13.6. The van der Waals surface area contributed by atoms with Crippen LogP contribution in [-0.4, -0.2) is 15.3 Å². The lowest BCUT2D eigenvalue weighted by Gasteiger charge is -2.40. The van der Waals surface area contributed by atoms with Crippen LogP contribution < -0.4 is 4.87 Å². The number of phenols is 1. The summed E-state index contributed by atoms with van der Waals surface area (Å²) < 4.78 is 0. The van der Waals surface area contributed by atoms with Crippen LogP contribution in [0.2, 0.25) is 0 Å². The molecule has 0 unspecified atom stereocenters. The van der Waals surface area contributed by atoms with Gasteiger partial charge >= 0.3 is 4.87 Å². The Bertz CT molecular complexity index is 779. The first-order valence-electron chi connectivity index (χ1n) is 7.89. The molecule has 2 aromatic rings. The van der Waals surface area contributed by atoms with Crippen LogP contribution in [0.25, 0.3) is 0 Å². The van der Waals surface area contributed by atoms with E-state index in [0.717, 1.165) is 16.9 Å². The second-order valence-corrected chi connectivity index (χ2v) is 8.97. The molecule has 22 heavy (non-hydrogen) atoms. The summed E-state index contributed by atoms with van der Waals surface area (Å²) in [5.74, 6) is 2.89. The van der Waals surface area contributed by atoms with E-state index in [1.165, 1.54) is 41.0 Å². The SMILES string of the molecule is O=c1[nH]c2c(s1)[C@@H](c1ccc(O)cc1)[C@H]1[C@@H]3CC[C@@H](C3)[C@@H]1S2. The molecule has 3 nitrogen and oxygen atoms in total. The Labute approximate surface area is 136 Å². The summed E-state index contributed by atoms with van der Waals surface area (Å²) in [7, 11) is 0. The van der Waals surface area contributed by atoms with Crippen LogP contribution in [0.15, 0.2) is 34.1 Å². The van der Waals surface area contributed by atoms with Gasteiger partial charge in [0, 0.05) is 16.0 Å². The van der Waals surface area contributed by atoms with E-state index in [4.69, 9.17) is 0 Å². The Morgan fingerprint density at radius 3 is 2.73 bits per heavy atom. The van der Waals surface area contributed by atoms with Gasteiger partial charge < -0.3 is 10.1 Å². The molecule has 0 spiro atoms. The van der Waals surface area contributed by atoms with Gasteiger partial charge in [0.15, 0.2) is 0 Å². The molecule has 1 aromatic heterocycles. The molecule has 0 radical (unpaired) electrons. The minimum atomic E-state index is 0.0635. The van der Waals surface area contributed by atoms with E-state index in [1.54, 1.807) is 12.1 Å². The van der Waals surface area contributed by atoms with Crippen molar-refractivity contribution in [2.45, 2.75) is 35.5 Å². The van der Waals surface area contributed by atoms with E-state index in [-0.39, 0.29) is 4.87 Å². The maximum atomic E-state index is 11.9. The molecule has 0 amide bonds. The maximum Gasteiger partial charge on any atom is 0.305 e. The predicted molar refractivity (Wildman–Crippen MR) is 88.9 cm³/mol.